The summed E-state index contributed by atoms with van der Waals surface area (Å²) in [6, 6.07) is 7.87. The Morgan fingerprint density at radius 2 is 1.30 bits per heavy atom. The number of hydrogen-bond donors (Lipinski definition) is 0. The number of rotatable bonds is 15. The second kappa shape index (κ2) is 16.7. The van der Waals surface area contributed by atoms with Crippen LogP contribution in [0.3, 0.4) is 0 Å². The second-order valence-electron chi connectivity index (χ2n) is 12.6. The van der Waals surface area contributed by atoms with Crippen molar-refractivity contribution in [2.24, 2.45) is 23.7 Å². The van der Waals surface area contributed by atoms with Crippen molar-refractivity contribution in [2.75, 3.05) is 6.61 Å². The van der Waals surface area contributed by atoms with Gasteiger partial charge in [0.1, 0.15) is 5.75 Å². The Hall–Kier alpha value is -2.43. The van der Waals surface area contributed by atoms with Crippen LogP contribution < -0.4 is 4.74 Å². The van der Waals surface area contributed by atoms with E-state index < -0.39 is 0 Å². The molecule has 1 aromatic carbocycles. The number of benzene rings is 1. The van der Waals surface area contributed by atoms with Gasteiger partial charge in [0.2, 0.25) is 0 Å². The number of Topliss-reactive ketones (excluding diaryl/α,β-unsaturated/α-hetero) is 1. The SMILES string of the molecule is C=C(C)C(=O)CCCCCCCCOC(=O)C1CCC(C2CCC(C(=O)Oc3ccccc3C(C)C)CC2)CC1. The van der Waals surface area contributed by atoms with E-state index in [-0.39, 0.29) is 29.6 Å². The van der Waals surface area contributed by atoms with E-state index in [4.69, 9.17) is 9.47 Å². The van der Waals surface area contributed by atoms with Crippen LogP contribution in [-0.4, -0.2) is 24.3 Å². The first kappa shape index (κ1) is 32.1. The topological polar surface area (TPSA) is 69.7 Å². The minimum atomic E-state index is -0.0758. The summed E-state index contributed by atoms with van der Waals surface area (Å²) in [5, 5.41) is 0. The van der Waals surface area contributed by atoms with E-state index in [1.165, 1.54) is 0 Å². The average Bonchev–Trinajstić information content (AvgIpc) is 2.96. The van der Waals surface area contributed by atoms with Gasteiger partial charge in [0.15, 0.2) is 5.78 Å². The van der Waals surface area contributed by atoms with Gasteiger partial charge in [-0.15, -0.1) is 0 Å². The van der Waals surface area contributed by atoms with Crippen molar-refractivity contribution >= 4 is 17.7 Å². The van der Waals surface area contributed by atoms with Gasteiger partial charge in [-0.05, 0) is 106 Å². The number of ether oxygens (including phenoxy) is 2. The van der Waals surface area contributed by atoms with E-state index >= 15 is 0 Å². The Morgan fingerprint density at radius 3 is 1.88 bits per heavy atom. The number of hydrogen-bond acceptors (Lipinski definition) is 5. The Bertz CT molecular complexity index is 964. The molecule has 40 heavy (non-hydrogen) atoms. The molecule has 0 N–H and O–H groups in total. The van der Waals surface area contributed by atoms with E-state index in [0.717, 1.165) is 95.5 Å². The third-order valence-electron chi connectivity index (χ3n) is 9.15. The fourth-order valence-electron chi connectivity index (χ4n) is 6.49. The van der Waals surface area contributed by atoms with Crippen LogP contribution in [0, 0.1) is 23.7 Å². The second-order valence-corrected chi connectivity index (χ2v) is 12.6. The lowest BCUT2D eigenvalue weighted by atomic mass is 9.69. The highest BCUT2D eigenvalue weighted by atomic mass is 16.5. The van der Waals surface area contributed by atoms with Crippen LogP contribution in [0.1, 0.15) is 129 Å². The molecular weight excluding hydrogens is 500 g/mol. The predicted octanol–water partition coefficient (Wildman–Crippen LogP) is 8.75. The fourth-order valence-corrected chi connectivity index (χ4v) is 6.49. The van der Waals surface area contributed by atoms with Gasteiger partial charge < -0.3 is 9.47 Å². The molecule has 0 heterocycles. The van der Waals surface area contributed by atoms with E-state index in [2.05, 4.69) is 20.4 Å². The molecule has 222 valence electrons. The molecule has 1 aromatic rings. The normalized spacial score (nSPS) is 23.0. The molecule has 3 rings (SSSR count). The number of carbonyl (C=O) groups is 3. The number of esters is 2. The lowest BCUT2D eigenvalue weighted by Gasteiger charge is -2.36. The summed E-state index contributed by atoms with van der Waals surface area (Å²) < 4.78 is 11.5. The third kappa shape index (κ3) is 10.2. The van der Waals surface area contributed by atoms with Gasteiger partial charge in [-0.1, -0.05) is 64.3 Å². The molecule has 0 bridgehead atoms. The maximum atomic E-state index is 12.9. The molecule has 0 aromatic heterocycles. The van der Waals surface area contributed by atoms with Crippen molar-refractivity contribution in [3.8, 4) is 5.75 Å². The van der Waals surface area contributed by atoms with Crippen molar-refractivity contribution in [1.82, 2.24) is 0 Å². The highest BCUT2D eigenvalue weighted by molar-refractivity contribution is 5.93. The van der Waals surface area contributed by atoms with E-state index in [1.54, 1.807) is 6.92 Å². The molecule has 2 fully saturated rings. The molecule has 5 nitrogen and oxygen atoms in total. The minimum absolute atomic E-state index is 0.00601. The van der Waals surface area contributed by atoms with Crippen LogP contribution in [0.5, 0.6) is 5.75 Å². The van der Waals surface area contributed by atoms with Crippen LogP contribution in [0.4, 0.5) is 0 Å². The molecule has 0 aliphatic heterocycles. The molecule has 0 radical (unpaired) electrons. The monoisotopic (exact) mass is 552 g/mol. The van der Waals surface area contributed by atoms with Crippen LogP contribution in [0.25, 0.3) is 0 Å². The number of carbonyl (C=O) groups excluding carboxylic acids is 3. The molecular formula is C35H52O5. The number of ketones is 1. The summed E-state index contributed by atoms with van der Waals surface area (Å²) in [6.07, 6.45) is 14.9. The predicted molar refractivity (Wildman–Crippen MR) is 160 cm³/mol. The van der Waals surface area contributed by atoms with E-state index in [0.29, 0.717) is 42.1 Å². The zero-order chi connectivity index (χ0) is 28.9. The molecule has 5 heteroatoms. The van der Waals surface area contributed by atoms with Gasteiger partial charge in [0, 0.05) is 6.42 Å². The molecule has 0 unspecified atom stereocenters. The summed E-state index contributed by atoms with van der Waals surface area (Å²) in [4.78, 5) is 37.0. The summed E-state index contributed by atoms with van der Waals surface area (Å²) in [6.45, 7) is 10.2. The first-order valence-corrected chi connectivity index (χ1v) is 15.9. The smallest absolute Gasteiger partial charge is 0.314 e. The lowest BCUT2D eigenvalue weighted by molar-refractivity contribution is -0.150. The van der Waals surface area contributed by atoms with Gasteiger partial charge >= 0.3 is 11.9 Å². The Morgan fingerprint density at radius 1 is 0.775 bits per heavy atom. The average molecular weight is 553 g/mol. The number of unbranched alkanes of at least 4 members (excludes halogenated alkanes) is 5. The van der Waals surface area contributed by atoms with Gasteiger partial charge in [0.25, 0.3) is 0 Å². The van der Waals surface area contributed by atoms with Crippen molar-refractivity contribution in [1.29, 1.82) is 0 Å². The van der Waals surface area contributed by atoms with Crippen LogP contribution in [0.15, 0.2) is 36.4 Å². The van der Waals surface area contributed by atoms with Crippen LogP contribution in [0.2, 0.25) is 0 Å². The lowest BCUT2D eigenvalue weighted by Crippen LogP contribution is -2.31. The molecule has 0 amide bonds. The Balaban J connectivity index is 1.25. The van der Waals surface area contributed by atoms with Gasteiger partial charge in [-0.3, -0.25) is 14.4 Å². The largest absolute Gasteiger partial charge is 0.465 e. The molecule has 0 spiro atoms. The fraction of sp³-hybridized carbons (Fsp3) is 0.686. The van der Waals surface area contributed by atoms with Crippen molar-refractivity contribution in [2.45, 2.75) is 123 Å². The molecule has 2 aliphatic rings. The van der Waals surface area contributed by atoms with Crippen LogP contribution >= 0.6 is 0 Å². The number of allylic oxidation sites excluding steroid dienone is 1. The van der Waals surface area contributed by atoms with Gasteiger partial charge in [-0.25, -0.2) is 0 Å². The maximum absolute atomic E-state index is 12.9. The quantitative estimate of drug-likeness (QED) is 0.0941. The van der Waals surface area contributed by atoms with E-state index in [9.17, 15) is 14.4 Å². The summed E-state index contributed by atoms with van der Waals surface area (Å²) >= 11 is 0. The third-order valence-corrected chi connectivity index (χ3v) is 9.15. The number of para-hydroxylation sites is 1. The highest BCUT2D eigenvalue weighted by Gasteiger charge is 2.35. The summed E-state index contributed by atoms with van der Waals surface area (Å²) in [5.74, 6) is 2.48. The molecule has 2 saturated carbocycles. The summed E-state index contributed by atoms with van der Waals surface area (Å²) in [7, 11) is 0. The van der Waals surface area contributed by atoms with Crippen LogP contribution in [-0.2, 0) is 19.1 Å². The van der Waals surface area contributed by atoms with Gasteiger partial charge in [0.05, 0.1) is 18.4 Å². The molecule has 2 aliphatic carbocycles. The minimum Gasteiger partial charge on any atom is -0.465 e. The Labute approximate surface area is 242 Å². The zero-order valence-electron chi connectivity index (χ0n) is 25.3. The summed E-state index contributed by atoms with van der Waals surface area (Å²) in [5.41, 5.74) is 1.74. The Kier molecular flexibility index (Phi) is 13.4. The highest BCUT2D eigenvalue weighted by Crippen LogP contribution is 2.42. The van der Waals surface area contributed by atoms with Crippen molar-refractivity contribution < 1.29 is 23.9 Å². The first-order valence-electron chi connectivity index (χ1n) is 15.9. The standard InChI is InChI=1S/C35H52O5/c1-25(2)31-13-10-11-15-33(31)40-35(38)30-22-18-28(19-23-30)27-16-20-29(21-17-27)34(37)39-24-12-8-6-5-7-9-14-32(36)26(3)4/h10-11,13,15,25,27-30H,3,5-9,12,14,16-24H2,1-2,4H3. The maximum Gasteiger partial charge on any atom is 0.314 e. The zero-order valence-corrected chi connectivity index (χ0v) is 25.3. The van der Waals surface area contributed by atoms with Crippen molar-refractivity contribution in [3.05, 3.63) is 42.0 Å². The van der Waals surface area contributed by atoms with Gasteiger partial charge in [-0.2, -0.15) is 0 Å². The molecule has 0 saturated heterocycles. The van der Waals surface area contributed by atoms with E-state index in [1.807, 2.05) is 24.3 Å². The molecule has 0 atom stereocenters. The van der Waals surface area contributed by atoms with Crippen molar-refractivity contribution in [3.63, 3.8) is 0 Å². The first-order chi connectivity index (χ1) is 19.3.